The Bertz CT molecular complexity index is 626. The first-order chi connectivity index (χ1) is 10.1. The van der Waals surface area contributed by atoms with Gasteiger partial charge in [-0.3, -0.25) is 4.68 Å². The number of hydrogen-bond acceptors (Lipinski definition) is 4. The number of methoxy groups -OCH3 is 2. The summed E-state index contributed by atoms with van der Waals surface area (Å²) in [5, 5.41) is 8.37. The molecule has 21 heavy (non-hydrogen) atoms. The highest BCUT2D eigenvalue weighted by Crippen LogP contribution is 2.27. The van der Waals surface area contributed by atoms with Crippen LogP contribution in [0.15, 0.2) is 18.2 Å². The van der Waals surface area contributed by atoms with E-state index in [0.717, 1.165) is 33.5 Å². The Hall–Kier alpha value is -1.72. The second kappa shape index (κ2) is 6.83. The lowest BCUT2D eigenvalue weighted by Crippen LogP contribution is -2.15. The van der Waals surface area contributed by atoms with Gasteiger partial charge in [-0.25, -0.2) is 0 Å². The van der Waals surface area contributed by atoms with Gasteiger partial charge in [0.25, 0.3) is 0 Å². The smallest absolute Gasteiger partial charge is 0.161 e. The second-order valence-electron chi connectivity index (χ2n) is 4.76. The van der Waals surface area contributed by atoms with Crippen LogP contribution in [0.3, 0.4) is 0 Å². The van der Waals surface area contributed by atoms with E-state index >= 15 is 0 Å². The van der Waals surface area contributed by atoms with Crippen LogP contribution in [-0.2, 0) is 20.1 Å². The predicted molar refractivity (Wildman–Crippen MR) is 83.0 cm³/mol. The van der Waals surface area contributed by atoms with Crippen molar-refractivity contribution in [2.24, 2.45) is 7.05 Å². The van der Waals surface area contributed by atoms with Gasteiger partial charge in [-0.1, -0.05) is 17.7 Å². The van der Waals surface area contributed by atoms with E-state index in [0.29, 0.717) is 13.1 Å². The number of hydrogen-bond donors (Lipinski definition) is 1. The van der Waals surface area contributed by atoms with Gasteiger partial charge in [-0.15, -0.1) is 0 Å². The number of nitrogens with zero attached hydrogens (tertiary/aromatic N) is 2. The van der Waals surface area contributed by atoms with Crippen molar-refractivity contribution in [1.82, 2.24) is 15.1 Å². The predicted octanol–water partition coefficient (Wildman–Crippen LogP) is 2.69. The Balaban J connectivity index is 2.00. The summed E-state index contributed by atoms with van der Waals surface area (Å²) < 4.78 is 12.3. The average Bonchev–Trinajstić information content (AvgIpc) is 2.73. The molecule has 1 heterocycles. The summed E-state index contributed by atoms with van der Waals surface area (Å²) >= 11 is 6.22. The van der Waals surface area contributed by atoms with Gasteiger partial charge in [-0.05, 0) is 24.6 Å². The number of rotatable bonds is 6. The summed E-state index contributed by atoms with van der Waals surface area (Å²) in [6.07, 6.45) is 0. The van der Waals surface area contributed by atoms with E-state index in [1.54, 1.807) is 18.9 Å². The van der Waals surface area contributed by atoms with Crippen LogP contribution in [-0.4, -0.2) is 24.0 Å². The zero-order chi connectivity index (χ0) is 15.4. The molecule has 0 aliphatic carbocycles. The summed E-state index contributed by atoms with van der Waals surface area (Å²) in [5.41, 5.74) is 2.94. The molecule has 1 aromatic heterocycles. The first-order valence-electron chi connectivity index (χ1n) is 6.66. The molecular weight excluding hydrogens is 290 g/mol. The van der Waals surface area contributed by atoms with Crippen LogP contribution in [0.25, 0.3) is 0 Å². The summed E-state index contributed by atoms with van der Waals surface area (Å²) in [6, 6.07) is 5.86. The molecule has 114 valence electrons. The minimum Gasteiger partial charge on any atom is -0.493 e. The minimum atomic E-state index is 0.657. The maximum Gasteiger partial charge on any atom is 0.161 e. The summed E-state index contributed by atoms with van der Waals surface area (Å²) in [6.45, 7) is 3.27. The van der Waals surface area contributed by atoms with Crippen LogP contribution in [0.2, 0.25) is 5.02 Å². The number of benzene rings is 1. The Morgan fingerprint density at radius 3 is 2.48 bits per heavy atom. The molecular formula is C15H20ClN3O2. The normalized spacial score (nSPS) is 10.7. The molecule has 0 saturated heterocycles. The molecule has 2 rings (SSSR count). The summed E-state index contributed by atoms with van der Waals surface area (Å²) in [7, 11) is 5.15. The van der Waals surface area contributed by atoms with Gasteiger partial charge in [0.2, 0.25) is 0 Å². The van der Waals surface area contributed by atoms with Crippen LogP contribution in [0.5, 0.6) is 11.5 Å². The highest BCUT2D eigenvalue weighted by atomic mass is 35.5. The summed E-state index contributed by atoms with van der Waals surface area (Å²) in [4.78, 5) is 0. The first kappa shape index (κ1) is 15.7. The van der Waals surface area contributed by atoms with Crippen molar-refractivity contribution < 1.29 is 9.47 Å². The van der Waals surface area contributed by atoms with Gasteiger partial charge < -0.3 is 14.8 Å². The van der Waals surface area contributed by atoms with Crippen molar-refractivity contribution in [3.63, 3.8) is 0 Å². The van der Waals surface area contributed by atoms with Crippen LogP contribution >= 0.6 is 11.6 Å². The summed E-state index contributed by atoms with van der Waals surface area (Å²) in [5.74, 6) is 1.46. The van der Waals surface area contributed by atoms with E-state index in [1.807, 2.05) is 32.2 Å². The molecule has 1 aromatic carbocycles. The van der Waals surface area contributed by atoms with Gasteiger partial charge in [0.05, 0.1) is 30.6 Å². The fourth-order valence-electron chi connectivity index (χ4n) is 2.19. The molecule has 0 radical (unpaired) electrons. The quantitative estimate of drug-likeness (QED) is 0.891. The molecule has 0 aliphatic rings. The van der Waals surface area contributed by atoms with E-state index < -0.39 is 0 Å². The first-order valence-corrected chi connectivity index (χ1v) is 7.04. The number of aromatic nitrogens is 2. The third-order valence-corrected chi connectivity index (χ3v) is 3.82. The van der Waals surface area contributed by atoms with Crippen LogP contribution < -0.4 is 14.8 Å². The molecule has 0 atom stereocenters. The lowest BCUT2D eigenvalue weighted by atomic mass is 10.2. The van der Waals surface area contributed by atoms with Crippen LogP contribution in [0, 0.1) is 6.92 Å². The highest BCUT2D eigenvalue weighted by molar-refractivity contribution is 6.31. The zero-order valence-corrected chi connectivity index (χ0v) is 13.5. The van der Waals surface area contributed by atoms with Gasteiger partial charge in [0, 0.05) is 20.1 Å². The Kier molecular flexibility index (Phi) is 5.09. The Morgan fingerprint density at radius 1 is 1.19 bits per heavy atom. The number of halogens is 1. The standard InChI is InChI=1S/C15H20ClN3O2/c1-10-15(16)12(19(2)18-10)9-17-8-11-5-6-13(20-3)14(7-11)21-4/h5-7,17H,8-9H2,1-4H3. The maximum absolute atomic E-state index is 6.22. The molecule has 1 N–H and O–H groups in total. The van der Waals surface area contributed by atoms with Gasteiger partial charge in [-0.2, -0.15) is 5.10 Å². The van der Waals surface area contributed by atoms with E-state index in [-0.39, 0.29) is 0 Å². The third-order valence-electron chi connectivity index (χ3n) is 3.33. The average molecular weight is 310 g/mol. The topological polar surface area (TPSA) is 48.3 Å². The lowest BCUT2D eigenvalue weighted by molar-refractivity contribution is 0.354. The van der Waals surface area contributed by atoms with E-state index in [1.165, 1.54) is 0 Å². The monoisotopic (exact) mass is 309 g/mol. The largest absolute Gasteiger partial charge is 0.493 e. The molecule has 0 aliphatic heterocycles. The van der Waals surface area contributed by atoms with Crippen molar-refractivity contribution >= 4 is 11.6 Å². The SMILES string of the molecule is COc1ccc(CNCc2c(Cl)c(C)nn2C)cc1OC. The van der Waals surface area contributed by atoms with Gasteiger partial charge >= 0.3 is 0 Å². The second-order valence-corrected chi connectivity index (χ2v) is 5.14. The van der Waals surface area contributed by atoms with Gasteiger partial charge in [0.15, 0.2) is 11.5 Å². The van der Waals surface area contributed by atoms with Crippen molar-refractivity contribution in [2.75, 3.05) is 14.2 Å². The fraction of sp³-hybridized carbons (Fsp3) is 0.400. The number of nitrogens with one attached hydrogen (secondary N) is 1. The molecule has 0 fully saturated rings. The molecule has 5 nitrogen and oxygen atoms in total. The molecule has 0 spiro atoms. The van der Waals surface area contributed by atoms with Crippen LogP contribution in [0.4, 0.5) is 0 Å². The van der Waals surface area contributed by atoms with Gasteiger partial charge in [0.1, 0.15) is 0 Å². The van der Waals surface area contributed by atoms with Crippen molar-refractivity contribution in [3.8, 4) is 11.5 Å². The Morgan fingerprint density at radius 2 is 1.90 bits per heavy atom. The van der Waals surface area contributed by atoms with Crippen molar-refractivity contribution in [2.45, 2.75) is 20.0 Å². The third kappa shape index (κ3) is 3.49. The van der Waals surface area contributed by atoms with E-state index in [2.05, 4.69) is 10.4 Å². The molecule has 0 unspecified atom stereocenters. The lowest BCUT2D eigenvalue weighted by Gasteiger charge is -2.10. The maximum atomic E-state index is 6.22. The Labute approximate surface area is 129 Å². The fourth-order valence-corrected chi connectivity index (χ4v) is 2.41. The molecule has 2 aromatic rings. The molecule has 0 bridgehead atoms. The van der Waals surface area contributed by atoms with Crippen molar-refractivity contribution in [3.05, 3.63) is 40.2 Å². The number of ether oxygens (including phenoxy) is 2. The van der Waals surface area contributed by atoms with E-state index in [4.69, 9.17) is 21.1 Å². The minimum absolute atomic E-state index is 0.657. The van der Waals surface area contributed by atoms with Crippen LogP contribution in [0.1, 0.15) is 17.0 Å². The van der Waals surface area contributed by atoms with E-state index in [9.17, 15) is 0 Å². The highest BCUT2D eigenvalue weighted by Gasteiger charge is 2.10. The molecule has 0 amide bonds. The molecule has 0 saturated carbocycles. The zero-order valence-electron chi connectivity index (χ0n) is 12.7. The molecule has 6 heteroatoms. The number of aryl methyl sites for hydroxylation is 2. The van der Waals surface area contributed by atoms with Crippen molar-refractivity contribution in [1.29, 1.82) is 0 Å².